The van der Waals surface area contributed by atoms with Crippen LogP contribution in [-0.4, -0.2) is 24.3 Å². The van der Waals surface area contributed by atoms with Crippen molar-refractivity contribution in [3.8, 4) is 16.3 Å². The van der Waals surface area contributed by atoms with E-state index in [1.807, 2.05) is 12.4 Å². The van der Waals surface area contributed by atoms with Gasteiger partial charge in [0.1, 0.15) is 18.0 Å². The minimum Gasteiger partial charge on any atom is -0.313 e. The number of hydrogen-bond acceptors (Lipinski definition) is 4. The zero-order chi connectivity index (χ0) is 21.0. The summed E-state index contributed by atoms with van der Waals surface area (Å²) in [5, 5.41) is 10.6. The molecule has 0 unspecified atom stereocenters. The van der Waals surface area contributed by atoms with E-state index >= 15 is 0 Å². The molecule has 31 heavy (non-hydrogen) atoms. The molecule has 0 saturated carbocycles. The van der Waals surface area contributed by atoms with Gasteiger partial charge in [-0.25, -0.2) is 4.98 Å². The van der Waals surface area contributed by atoms with E-state index in [2.05, 4.69) is 98.5 Å². The van der Waals surface area contributed by atoms with Crippen LogP contribution in [0.5, 0.6) is 0 Å². The number of aryl methyl sites for hydroxylation is 3. The van der Waals surface area contributed by atoms with Crippen LogP contribution < -0.4 is 0 Å². The second-order valence-electron chi connectivity index (χ2n) is 7.59. The van der Waals surface area contributed by atoms with E-state index in [1.165, 1.54) is 16.0 Å². The lowest BCUT2D eigenvalue weighted by Gasteiger charge is -2.09. The van der Waals surface area contributed by atoms with E-state index < -0.39 is 0 Å². The van der Waals surface area contributed by atoms with Crippen LogP contribution in [0.4, 0.5) is 0 Å². The summed E-state index contributed by atoms with van der Waals surface area (Å²) < 4.78 is 4.32. The minimum atomic E-state index is 0.774. The number of aromatic nitrogens is 5. The Morgan fingerprint density at radius 1 is 0.871 bits per heavy atom. The number of hydrogen-bond donors (Lipinski definition) is 0. The van der Waals surface area contributed by atoms with Crippen molar-refractivity contribution >= 4 is 11.3 Å². The molecule has 0 fully saturated rings. The molecule has 154 valence electrons. The molecule has 0 aliphatic heterocycles. The summed E-state index contributed by atoms with van der Waals surface area (Å²) in [6.07, 6.45) is 5.51. The van der Waals surface area contributed by atoms with Crippen LogP contribution >= 0.6 is 11.3 Å². The Labute approximate surface area is 185 Å². The van der Waals surface area contributed by atoms with E-state index in [9.17, 15) is 0 Å². The van der Waals surface area contributed by atoms with Crippen LogP contribution in [0.25, 0.3) is 16.3 Å². The van der Waals surface area contributed by atoms with Crippen molar-refractivity contribution < 1.29 is 0 Å². The molecule has 0 bridgehead atoms. The minimum absolute atomic E-state index is 0.774. The summed E-state index contributed by atoms with van der Waals surface area (Å²) in [5.74, 6) is 2.00. The van der Waals surface area contributed by atoms with Crippen LogP contribution in [0.15, 0.2) is 84.6 Å². The summed E-state index contributed by atoms with van der Waals surface area (Å²) >= 11 is 1.71. The van der Waals surface area contributed by atoms with E-state index in [0.717, 1.165) is 42.4 Å². The lowest BCUT2D eigenvalue weighted by atomic mass is 10.2. The third-order valence-electron chi connectivity index (χ3n) is 5.33. The fraction of sp³-hybridized carbons (Fsp3) is 0.160. The maximum absolute atomic E-state index is 4.98. The average Bonchev–Trinajstić information content (AvgIpc) is 3.55. The third kappa shape index (κ3) is 4.34. The topological polar surface area (TPSA) is 48.5 Å². The molecule has 3 aromatic heterocycles. The smallest absolute Gasteiger partial charge is 0.133 e. The Morgan fingerprint density at radius 2 is 1.68 bits per heavy atom. The van der Waals surface area contributed by atoms with Crippen molar-refractivity contribution in [3.63, 3.8) is 0 Å². The molecule has 0 saturated heterocycles. The summed E-state index contributed by atoms with van der Waals surface area (Å²) in [4.78, 5) is 6.16. The quantitative estimate of drug-likeness (QED) is 0.354. The predicted octanol–water partition coefficient (Wildman–Crippen LogP) is 5.33. The molecule has 2 aromatic carbocycles. The van der Waals surface area contributed by atoms with Gasteiger partial charge in [0.05, 0.1) is 17.1 Å². The molecule has 0 aliphatic rings. The lowest BCUT2D eigenvalue weighted by Crippen LogP contribution is -2.08. The van der Waals surface area contributed by atoms with Crippen molar-refractivity contribution in [3.05, 3.63) is 107 Å². The molecule has 0 amide bonds. The number of rotatable bonds is 7. The number of benzene rings is 2. The summed E-state index contributed by atoms with van der Waals surface area (Å²) in [7, 11) is 0. The van der Waals surface area contributed by atoms with Gasteiger partial charge in [-0.3, -0.25) is 0 Å². The van der Waals surface area contributed by atoms with E-state index in [4.69, 9.17) is 4.98 Å². The summed E-state index contributed by atoms with van der Waals surface area (Å²) in [6, 6.07) is 23.2. The van der Waals surface area contributed by atoms with E-state index in [0.29, 0.717) is 0 Å². The van der Waals surface area contributed by atoms with Gasteiger partial charge < -0.3 is 9.13 Å². The van der Waals surface area contributed by atoms with Crippen molar-refractivity contribution in [2.75, 3.05) is 0 Å². The zero-order valence-electron chi connectivity index (χ0n) is 17.3. The fourth-order valence-corrected chi connectivity index (χ4v) is 4.36. The molecule has 5 rings (SSSR count). The molecule has 3 heterocycles. The summed E-state index contributed by atoms with van der Waals surface area (Å²) in [5.41, 5.74) is 4.63. The Balaban J connectivity index is 1.42. The van der Waals surface area contributed by atoms with Gasteiger partial charge in [-0.15, -0.1) is 21.5 Å². The highest BCUT2D eigenvalue weighted by Crippen LogP contribution is 2.26. The first-order valence-corrected chi connectivity index (χ1v) is 11.2. The monoisotopic (exact) mass is 425 g/mol. The first kappa shape index (κ1) is 19.5. The van der Waals surface area contributed by atoms with Crippen molar-refractivity contribution in [1.82, 2.24) is 24.3 Å². The van der Waals surface area contributed by atoms with Crippen LogP contribution in [0, 0.1) is 6.92 Å². The first-order valence-electron chi connectivity index (χ1n) is 10.4. The first-order chi connectivity index (χ1) is 15.3. The normalized spacial score (nSPS) is 11.1. The molecule has 5 nitrogen and oxygen atoms in total. The van der Waals surface area contributed by atoms with Crippen LogP contribution in [0.2, 0.25) is 0 Å². The van der Waals surface area contributed by atoms with Crippen molar-refractivity contribution in [2.24, 2.45) is 0 Å². The van der Waals surface area contributed by atoms with Crippen molar-refractivity contribution in [1.29, 1.82) is 0 Å². The maximum Gasteiger partial charge on any atom is 0.133 e. The second-order valence-corrected chi connectivity index (χ2v) is 8.53. The van der Waals surface area contributed by atoms with Gasteiger partial charge in [-0.05, 0) is 36.1 Å². The van der Waals surface area contributed by atoms with Gasteiger partial charge in [0, 0.05) is 24.7 Å². The number of imidazole rings is 1. The van der Waals surface area contributed by atoms with Gasteiger partial charge >= 0.3 is 0 Å². The Kier molecular flexibility index (Phi) is 5.46. The fourth-order valence-electron chi connectivity index (χ4n) is 3.68. The second kappa shape index (κ2) is 8.70. The Hall–Kier alpha value is -3.51. The predicted molar refractivity (Wildman–Crippen MR) is 125 cm³/mol. The highest BCUT2D eigenvalue weighted by molar-refractivity contribution is 7.13. The molecular formula is C25H23N5S. The van der Waals surface area contributed by atoms with Gasteiger partial charge in [-0.2, -0.15) is 0 Å². The van der Waals surface area contributed by atoms with Crippen LogP contribution in [0.1, 0.15) is 22.8 Å². The average molecular weight is 426 g/mol. The molecule has 0 spiro atoms. The molecule has 0 atom stereocenters. The third-order valence-corrected chi connectivity index (χ3v) is 6.22. The molecule has 0 aliphatic carbocycles. The zero-order valence-corrected chi connectivity index (χ0v) is 18.2. The lowest BCUT2D eigenvalue weighted by molar-refractivity contribution is 0.696. The number of thiophene rings is 1. The summed E-state index contributed by atoms with van der Waals surface area (Å²) in [6.45, 7) is 2.88. The molecule has 6 heteroatoms. The van der Waals surface area contributed by atoms with Gasteiger partial charge in [-0.1, -0.05) is 54.1 Å². The van der Waals surface area contributed by atoms with Crippen LogP contribution in [-0.2, 0) is 19.4 Å². The Bertz CT molecular complexity index is 1250. The van der Waals surface area contributed by atoms with E-state index in [-0.39, 0.29) is 0 Å². The molecule has 0 N–H and O–H groups in total. The van der Waals surface area contributed by atoms with E-state index in [1.54, 1.807) is 11.3 Å². The maximum atomic E-state index is 4.98. The molecule has 0 radical (unpaired) electrons. The highest BCUT2D eigenvalue weighted by atomic mass is 32.1. The SMILES string of the molecule is Cc1ccc(-n2cc(-c3cccs3)nc2CCc2nncn2Cc2ccccc2)cc1. The number of nitrogens with zero attached hydrogens (tertiary/aromatic N) is 5. The van der Waals surface area contributed by atoms with Gasteiger partial charge in [0.15, 0.2) is 0 Å². The largest absolute Gasteiger partial charge is 0.313 e. The van der Waals surface area contributed by atoms with Gasteiger partial charge in [0.2, 0.25) is 0 Å². The molecule has 5 aromatic rings. The molecular weight excluding hydrogens is 402 g/mol. The van der Waals surface area contributed by atoms with Gasteiger partial charge in [0.25, 0.3) is 0 Å². The van der Waals surface area contributed by atoms with Crippen molar-refractivity contribution in [2.45, 2.75) is 26.3 Å². The highest BCUT2D eigenvalue weighted by Gasteiger charge is 2.14. The standard InChI is InChI=1S/C25H23N5S/c1-19-9-11-21(12-10-19)30-17-22(23-8-5-15-31-23)27-24(30)13-14-25-28-26-18-29(25)16-20-6-3-2-4-7-20/h2-12,15,17-18H,13-14,16H2,1H3. The van der Waals surface area contributed by atoms with Crippen LogP contribution in [0.3, 0.4) is 0 Å². The Morgan fingerprint density at radius 3 is 2.45 bits per heavy atom.